The van der Waals surface area contributed by atoms with Crippen LogP contribution in [-0.4, -0.2) is 54.6 Å². The van der Waals surface area contributed by atoms with Gasteiger partial charge >= 0.3 is 6.09 Å². The molecule has 7 heteroatoms. The van der Waals surface area contributed by atoms with Crippen molar-refractivity contribution in [2.45, 2.75) is 6.92 Å². The predicted molar refractivity (Wildman–Crippen MR) is 102 cm³/mol. The van der Waals surface area contributed by atoms with Gasteiger partial charge in [-0.15, -0.1) is 22.7 Å². The van der Waals surface area contributed by atoms with Crippen LogP contribution in [0.3, 0.4) is 0 Å². The maximum absolute atomic E-state index is 12.8. The highest BCUT2D eigenvalue weighted by atomic mass is 32.1. The van der Waals surface area contributed by atoms with Crippen LogP contribution in [0.25, 0.3) is 19.5 Å². The second-order valence-electron chi connectivity index (χ2n) is 5.88. The molecule has 5 nitrogen and oxygen atoms in total. The van der Waals surface area contributed by atoms with Crippen LogP contribution in [0.1, 0.15) is 16.6 Å². The Hall–Kier alpha value is -2.12. The molecule has 1 aliphatic heterocycles. The summed E-state index contributed by atoms with van der Waals surface area (Å²) in [5.41, 5.74) is 0. The van der Waals surface area contributed by atoms with E-state index in [0.29, 0.717) is 32.8 Å². The Labute approximate surface area is 153 Å². The number of ether oxygens (including phenoxy) is 1. The molecule has 0 spiro atoms. The minimum atomic E-state index is -0.294. The second kappa shape index (κ2) is 6.65. The van der Waals surface area contributed by atoms with Gasteiger partial charge in [0.05, 0.1) is 16.2 Å². The van der Waals surface area contributed by atoms with E-state index in [1.165, 1.54) is 19.5 Å². The number of amides is 2. The van der Waals surface area contributed by atoms with E-state index in [1.54, 1.807) is 34.5 Å². The normalized spacial score (nSPS) is 15.1. The molecule has 2 aromatic heterocycles. The number of benzene rings is 1. The quantitative estimate of drug-likeness (QED) is 0.680. The van der Waals surface area contributed by atoms with Crippen LogP contribution in [0, 0.1) is 0 Å². The highest BCUT2D eigenvalue weighted by molar-refractivity contribution is 7.33. The highest BCUT2D eigenvalue weighted by Gasteiger charge is 2.26. The third-order valence-corrected chi connectivity index (χ3v) is 6.76. The zero-order valence-corrected chi connectivity index (χ0v) is 15.5. The fourth-order valence-corrected chi connectivity index (χ4v) is 5.56. The number of carbonyl (C=O) groups is 2. The first-order valence-corrected chi connectivity index (χ1v) is 9.92. The van der Waals surface area contributed by atoms with Crippen LogP contribution >= 0.6 is 22.7 Å². The maximum atomic E-state index is 12.8. The molecule has 130 valence electrons. The van der Waals surface area contributed by atoms with Crippen LogP contribution in [0.4, 0.5) is 4.79 Å². The molecule has 1 saturated heterocycles. The molecule has 4 rings (SSSR count). The zero-order valence-electron chi connectivity index (χ0n) is 13.9. The van der Waals surface area contributed by atoms with Gasteiger partial charge in [0.1, 0.15) is 0 Å². The number of fused-ring (bicyclic) bond motifs is 3. The molecule has 3 aromatic rings. The molecule has 0 aliphatic carbocycles. The van der Waals surface area contributed by atoms with Gasteiger partial charge < -0.3 is 14.5 Å². The van der Waals surface area contributed by atoms with Gasteiger partial charge in [0, 0.05) is 41.0 Å². The topological polar surface area (TPSA) is 49.9 Å². The molecule has 0 radical (unpaired) electrons. The summed E-state index contributed by atoms with van der Waals surface area (Å²) in [4.78, 5) is 28.8. The van der Waals surface area contributed by atoms with Crippen LogP contribution in [0.2, 0.25) is 0 Å². The van der Waals surface area contributed by atoms with Crippen molar-refractivity contribution >= 4 is 54.2 Å². The van der Waals surface area contributed by atoms with Crippen molar-refractivity contribution < 1.29 is 14.3 Å². The molecule has 0 saturated carbocycles. The minimum Gasteiger partial charge on any atom is -0.450 e. The van der Waals surface area contributed by atoms with E-state index < -0.39 is 0 Å². The summed E-state index contributed by atoms with van der Waals surface area (Å²) in [6, 6.07) is 10.3. The number of hydrogen-bond donors (Lipinski definition) is 0. The van der Waals surface area contributed by atoms with Crippen molar-refractivity contribution in [1.29, 1.82) is 0 Å². The zero-order chi connectivity index (χ0) is 17.4. The number of rotatable bonds is 2. The predicted octanol–water partition coefficient (Wildman–Crippen LogP) is 4.03. The standard InChI is InChI=1S/C18H18N2O3S2/c1-2-23-18(22)20-9-7-19(8-10-20)17(21)15-11-14-16(25-15)12-5-3-4-6-13(12)24-14/h3-6,11H,2,7-10H2,1H3. The summed E-state index contributed by atoms with van der Waals surface area (Å²) in [7, 11) is 0. The highest BCUT2D eigenvalue weighted by Crippen LogP contribution is 2.39. The van der Waals surface area contributed by atoms with Crippen molar-refractivity contribution in [1.82, 2.24) is 9.80 Å². The fourth-order valence-electron chi connectivity index (χ4n) is 3.07. The summed E-state index contributed by atoms with van der Waals surface area (Å²) in [6.07, 6.45) is -0.294. The third kappa shape index (κ3) is 2.98. The lowest BCUT2D eigenvalue weighted by Gasteiger charge is -2.33. The summed E-state index contributed by atoms with van der Waals surface area (Å²) < 4.78 is 8.63. The van der Waals surface area contributed by atoms with E-state index in [2.05, 4.69) is 12.1 Å². The Kier molecular flexibility index (Phi) is 4.35. The van der Waals surface area contributed by atoms with Gasteiger partial charge in [-0.25, -0.2) is 4.79 Å². The van der Waals surface area contributed by atoms with Crippen molar-refractivity contribution in [2.24, 2.45) is 0 Å². The van der Waals surface area contributed by atoms with Gasteiger partial charge in [0.2, 0.25) is 0 Å². The van der Waals surface area contributed by atoms with Crippen LogP contribution in [0.5, 0.6) is 0 Å². The Balaban J connectivity index is 1.50. The molecule has 1 fully saturated rings. The van der Waals surface area contributed by atoms with Gasteiger partial charge in [0.15, 0.2) is 0 Å². The van der Waals surface area contributed by atoms with Gasteiger partial charge in [-0.3, -0.25) is 4.79 Å². The van der Waals surface area contributed by atoms with Crippen molar-refractivity contribution in [3.05, 3.63) is 35.2 Å². The molecule has 0 N–H and O–H groups in total. The lowest BCUT2D eigenvalue weighted by molar-refractivity contribution is 0.0574. The van der Waals surface area contributed by atoms with Gasteiger partial charge in [0.25, 0.3) is 5.91 Å². The summed E-state index contributed by atoms with van der Waals surface area (Å²) in [6.45, 7) is 4.30. The summed E-state index contributed by atoms with van der Waals surface area (Å²) >= 11 is 3.29. The first kappa shape index (κ1) is 16.4. The molecular weight excluding hydrogens is 356 g/mol. The molecule has 3 heterocycles. The van der Waals surface area contributed by atoms with E-state index in [0.717, 1.165) is 4.88 Å². The Morgan fingerprint density at radius 1 is 1.04 bits per heavy atom. The van der Waals surface area contributed by atoms with Crippen molar-refractivity contribution in [3.8, 4) is 0 Å². The number of nitrogens with zero attached hydrogens (tertiary/aromatic N) is 2. The van der Waals surface area contributed by atoms with E-state index in [-0.39, 0.29) is 12.0 Å². The second-order valence-corrected chi connectivity index (χ2v) is 8.02. The molecule has 0 bridgehead atoms. The van der Waals surface area contributed by atoms with Gasteiger partial charge in [-0.05, 0) is 19.1 Å². The van der Waals surface area contributed by atoms with E-state index >= 15 is 0 Å². The monoisotopic (exact) mass is 374 g/mol. The first-order chi connectivity index (χ1) is 12.2. The Bertz CT molecular complexity index is 938. The molecular formula is C18H18N2O3S2. The lowest BCUT2D eigenvalue weighted by Crippen LogP contribution is -2.50. The lowest BCUT2D eigenvalue weighted by atomic mass is 10.2. The smallest absolute Gasteiger partial charge is 0.409 e. The maximum Gasteiger partial charge on any atom is 0.409 e. The fraction of sp³-hybridized carbons (Fsp3) is 0.333. The molecule has 2 amide bonds. The van der Waals surface area contributed by atoms with Crippen molar-refractivity contribution in [3.63, 3.8) is 0 Å². The number of thiophene rings is 2. The number of hydrogen-bond acceptors (Lipinski definition) is 5. The van der Waals surface area contributed by atoms with E-state index in [4.69, 9.17) is 4.74 Å². The SMILES string of the molecule is CCOC(=O)N1CCN(C(=O)c2cc3sc4ccccc4c3s2)CC1. The molecule has 1 aromatic carbocycles. The molecule has 0 unspecified atom stereocenters. The molecule has 1 aliphatic rings. The van der Waals surface area contributed by atoms with Crippen molar-refractivity contribution in [2.75, 3.05) is 32.8 Å². The number of carbonyl (C=O) groups excluding carboxylic acids is 2. The van der Waals surface area contributed by atoms with E-state index in [1.807, 2.05) is 23.1 Å². The molecule has 0 atom stereocenters. The average Bonchev–Trinajstić information content (AvgIpc) is 3.19. The average molecular weight is 374 g/mol. The summed E-state index contributed by atoms with van der Waals surface area (Å²) in [5, 5.41) is 1.22. The summed E-state index contributed by atoms with van der Waals surface area (Å²) in [5.74, 6) is 0.0565. The van der Waals surface area contributed by atoms with Crippen LogP contribution in [-0.2, 0) is 4.74 Å². The van der Waals surface area contributed by atoms with Crippen LogP contribution < -0.4 is 0 Å². The molecule has 25 heavy (non-hydrogen) atoms. The largest absolute Gasteiger partial charge is 0.450 e. The van der Waals surface area contributed by atoms with Gasteiger partial charge in [-0.2, -0.15) is 0 Å². The Morgan fingerprint density at radius 3 is 2.52 bits per heavy atom. The number of piperazine rings is 1. The Morgan fingerprint density at radius 2 is 1.76 bits per heavy atom. The minimum absolute atomic E-state index is 0.0565. The first-order valence-electron chi connectivity index (χ1n) is 8.29. The van der Waals surface area contributed by atoms with Gasteiger partial charge in [-0.1, -0.05) is 18.2 Å². The van der Waals surface area contributed by atoms with E-state index in [9.17, 15) is 9.59 Å². The van der Waals surface area contributed by atoms with Crippen LogP contribution in [0.15, 0.2) is 30.3 Å². The third-order valence-electron chi connectivity index (χ3n) is 4.35.